The van der Waals surface area contributed by atoms with E-state index in [4.69, 9.17) is 4.99 Å². The van der Waals surface area contributed by atoms with Crippen LogP contribution in [0.15, 0.2) is 47.0 Å². The molecule has 0 aliphatic heterocycles. The lowest BCUT2D eigenvalue weighted by Gasteiger charge is -2.25. The highest BCUT2D eigenvalue weighted by Gasteiger charge is 2.22. The van der Waals surface area contributed by atoms with Crippen LogP contribution >= 0.6 is 0 Å². The lowest BCUT2D eigenvalue weighted by molar-refractivity contribution is 0.288. The van der Waals surface area contributed by atoms with Crippen molar-refractivity contribution in [3.63, 3.8) is 0 Å². The summed E-state index contributed by atoms with van der Waals surface area (Å²) < 4.78 is 0. The quantitative estimate of drug-likeness (QED) is 0.736. The number of aliphatic imine (C=N–C) groups is 1. The van der Waals surface area contributed by atoms with Gasteiger partial charge in [0.2, 0.25) is 0 Å². The summed E-state index contributed by atoms with van der Waals surface area (Å²) in [4.78, 5) is 4.94. The fourth-order valence-corrected chi connectivity index (χ4v) is 2.92. The number of benzene rings is 1. The second-order valence-corrected chi connectivity index (χ2v) is 8.28. The summed E-state index contributed by atoms with van der Waals surface area (Å²) in [6, 6.07) is 6.41. The first-order chi connectivity index (χ1) is 11.1. The van der Waals surface area contributed by atoms with Crippen LogP contribution in [0.5, 0.6) is 0 Å². The number of hydrogen-bond acceptors (Lipinski definition) is 2. The molecule has 0 amide bonds. The molecule has 2 nitrogen and oxygen atoms in total. The van der Waals surface area contributed by atoms with Crippen LogP contribution in [0.2, 0.25) is 0 Å². The molecule has 1 aromatic carbocycles. The first-order valence-electron chi connectivity index (χ1n) is 8.91. The number of hydrogen-bond donors (Lipinski definition) is 1. The van der Waals surface area contributed by atoms with E-state index in [0.29, 0.717) is 11.8 Å². The third-order valence-corrected chi connectivity index (χ3v) is 4.51. The van der Waals surface area contributed by atoms with Crippen molar-refractivity contribution in [2.45, 2.75) is 66.4 Å². The minimum absolute atomic E-state index is 0.0376. The molecule has 0 fully saturated rings. The molecule has 1 aliphatic rings. The normalized spacial score (nSPS) is 20.2. The van der Waals surface area contributed by atoms with Gasteiger partial charge in [0.1, 0.15) is 6.10 Å². The van der Waals surface area contributed by atoms with Gasteiger partial charge in [-0.25, -0.2) is 4.99 Å². The summed E-state index contributed by atoms with van der Waals surface area (Å²) in [6.45, 7) is 15.3. The highest BCUT2D eigenvalue weighted by atomic mass is 16.3. The lowest BCUT2D eigenvalue weighted by atomic mass is 9.82. The van der Waals surface area contributed by atoms with Gasteiger partial charge in [0.15, 0.2) is 0 Å². The Morgan fingerprint density at radius 3 is 2.00 bits per heavy atom. The van der Waals surface area contributed by atoms with E-state index in [9.17, 15) is 5.11 Å². The summed E-state index contributed by atoms with van der Waals surface area (Å²) >= 11 is 0. The van der Waals surface area contributed by atoms with Gasteiger partial charge in [0, 0.05) is 0 Å². The Bertz CT molecular complexity index is 658. The topological polar surface area (TPSA) is 32.6 Å². The van der Waals surface area contributed by atoms with Gasteiger partial charge in [0.05, 0.1) is 11.4 Å². The molecule has 24 heavy (non-hydrogen) atoms. The Morgan fingerprint density at radius 2 is 1.54 bits per heavy atom. The molecule has 1 aromatic rings. The van der Waals surface area contributed by atoms with Crippen LogP contribution < -0.4 is 0 Å². The van der Waals surface area contributed by atoms with Gasteiger partial charge in [0.25, 0.3) is 0 Å². The van der Waals surface area contributed by atoms with E-state index in [1.807, 2.05) is 18.2 Å². The van der Waals surface area contributed by atoms with Crippen molar-refractivity contribution in [2.75, 3.05) is 0 Å². The van der Waals surface area contributed by atoms with Crippen LogP contribution in [0.25, 0.3) is 0 Å². The third-order valence-electron chi connectivity index (χ3n) is 4.51. The molecule has 0 radical (unpaired) electrons. The van der Waals surface area contributed by atoms with Crippen molar-refractivity contribution in [1.82, 2.24) is 0 Å². The molecule has 1 aliphatic carbocycles. The SMILES string of the molecule is CC(C)c1cccc(C(C)C)c1N=C1C=C(C(C)(C)C)C=CC1O. The summed E-state index contributed by atoms with van der Waals surface area (Å²) in [6.07, 6.45) is 5.26. The monoisotopic (exact) mass is 325 g/mol. The number of nitrogens with zero attached hydrogens (tertiary/aromatic N) is 1. The van der Waals surface area contributed by atoms with Crippen LogP contribution in [-0.2, 0) is 0 Å². The zero-order chi connectivity index (χ0) is 18.1. The number of rotatable bonds is 3. The molecule has 1 atom stereocenters. The maximum absolute atomic E-state index is 10.4. The molecule has 2 rings (SSSR count). The molecular formula is C22H31NO. The standard InChI is InChI=1S/C22H31NO/c1-14(2)17-9-8-10-18(15(3)4)21(17)23-19-13-16(22(5,6)7)11-12-20(19)24/h8-15,20,24H,1-7H3. The Labute approximate surface area is 147 Å². The van der Waals surface area contributed by atoms with Crippen LogP contribution in [0.4, 0.5) is 5.69 Å². The van der Waals surface area contributed by atoms with Crippen molar-refractivity contribution < 1.29 is 5.11 Å². The first kappa shape index (κ1) is 18.7. The van der Waals surface area contributed by atoms with Crippen molar-refractivity contribution in [3.05, 3.63) is 53.1 Å². The molecule has 0 bridgehead atoms. The predicted molar refractivity (Wildman–Crippen MR) is 104 cm³/mol. The van der Waals surface area contributed by atoms with Gasteiger partial charge in [-0.05, 0) is 46.1 Å². The molecule has 130 valence electrons. The van der Waals surface area contributed by atoms with Crippen molar-refractivity contribution >= 4 is 11.4 Å². The van der Waals surface area contributed by atoms with Gasteiger partial charge in [-0.2, -0.15) is 0 Å². The van der Waals surface area contributed by atoms with E-state index in [1.54, 1.807) is 0 Å². The largest absolute Gasteiger partial charge is 0.383 e. The highest BCUT2D eigenvalue weighted by Crippen LogP contribution is 2.36. The molecule has 0 saturated carbocycles. The molecule has 1 unspecified atom stereocenters. The Morgan fingerprint density at radius 1 is 1.00 bits per heavy atom. The van der Waals surface area contributed by atoms with Crippen molar-refractivity contribution in [2.24, 2.45) is 10.4 Å². The second kappa shape index (κ2) is 7.06. The van der Waals surface area contributed by atoms with Crippen molar-refractivity contribution in [3.8, 4) is 0 Å². The summed E-state index contributed by atoms with van der Waals surface area (Å²) in [5.74, 6) is 0.788. The summed E-state index contributed by atoms with van der Waals surface area (Å²) in [7, 11) is 0. The fraction of sp³-hybridized carbons (Fsp3) is 0.500. The Hall–Kier alpha value is -1.67. The molecule has 0 spiro atoms. The second-order valence-electron chi connectivity index (χ2n) is 8.28. The van der Waals surface area contributed by atoms with Gasteiger partial charge in [-0.15, -0.1) is 0 Å². The summed E-state index contributed by atoms with van der Waals surface area (Å²) in [5.41, 5.74) is 5.46. The highest BCUT2D eigenvalue weighted by molar-refractivity contribution is 6.03. The van der Waals surface area contributed by atoms with Crippen LogP contribution in [0.3, 0.4) is 0 Å². The van der Waals surface area contributed by atoms with E-state index < -0.39 is 6.10 Å². The molecular weight excluding hydrogens is 294 g/mol. The maximum atomic E-state index is 10.4. The maximum Gasteiger partial charge on any atom is 0.114 e. The fourth-order valence-electron chi connectivity index (χ4n) is 2.92. The molecule has 0 heterocycles. The summed E-state index contributed by atoms with van der Waals surface area (Å²) in [5, 5.41) is 10.4. The van der Waals surface area contributed by atoms with E-state index in [2.05, 4.69) is 66.7 Å². The number of aliphatic hydroxyl groups is 1. The molecule has 2 heteroatoms. The minimum Gasteiger partial charge on any atom is -0.383 e. The van der Waals surface area contributed by atoms with E-state index in [1.165, 1.54) is 16.7 Å². The third kappa shape index (κ3) is 4.05. The molecule has 1 N–H and O–H groups in total. The number of aliphatic hydroxyl groups excluding tert-OH is 1. The van der Waals surface area contributed by atoms with Gasteiger partial charge < -0.3 is 5.11 Å². The molecule has 0 aromatic heterocycles. The van der Waals surface area contributed by atoms with Crippen LogP contribution in [0.1, 0.15) is 71.4 Å². The van der Waals surface area contributed by atoms with Gasteiger partial charge in [-0.3, -0.25) is 0 Å². The number of para-hydroxylation sites is 1. The van der Waals surface area contributed by atoms with E-state index in [0.717, 1.165) is 11.4 Å². The van der Waals surface area contributed by atoms with Gasteiger partial charge in [-0.1, -0.05) is 72.7 Å². The van der Waals surface area contributed by atoms with E-state index >= 15 is 0 Å². The average molecular weight is 325 g/mol. The zero-order valence-corrected chi connectivity index (χ0v) is 16.1. The Balaban J connectivity index is 2.61. The van der Waals surface area contributed by atoms with Crippen LogP contribution in [-0.4, -0.2) is 16.9 Å². The Kier molecular flexibility index (Phi) is 5.49. The minimum atomic E-state index is -0.642. The first-order valence-corrected chi connectivity index (χ1v) is 8.91. The molecule has 0 saturated heterocycles. The average Bonchev–Trinajstić information content (AvgIpc) is 2.48. The smallest absolute Gasteiger partial charge is 0.114 e. The van der Waals surface area contributed by atoms with Crippen LogP contribution in [0, 0.1) is 5.41 Å². The zero-order valence-electron chi connectivity index (χ0n) is 16.1. The van der Waals surface area contributed by atoms with E-state index in [-0.39, 0.29) is 5.41 Å². The van der Waals surface area contributed by atoms with Crippen molar-refractivity contribution in [1.29, 1.82) is 0 Å². The number of allylic oxidation sites excluding steroid dienone is 2. The predicted octanol–water partition coefficient (Wildman–Crippen LogP) is 5.91. The van der Waals surface area contributed by atoms with Gasteiger partial charge >= 0.3 is 0 Å². The lowest BCUT2D eigenvalue weighted by Crippen LogP contribution is -2.22.